The Bertz CT molecular complexity index is 923. The predicted molar refractivity (Wildman–Crippen MR) is 94.4 cm³/mol. The number of halogens is 1. The van der Waals surface area contributed by atoms with Gasteiger partial charge in [0, 0.05) is 13.0 Å². The van der Waals surface area contributed by atoms with E-state index in [1.54, 1.807) is 25.3 Å². The van der Waals surface area contributed by atoms with Crippen LogP contribution in [0, 0.1) is 23.1 Å². The van der Waals surface area contributed by atoms with Gasteiger partial charge in [-0.25, -0.2) is 12.8 Å². The normalized spacial score (nSPS) is 20.7. The molecule has 5 nitrogen and oxygen atoms in total. The number of nitriles is 1. The molecule has 1 aliphatic rings. The zero-order valence-corrected chi connectivity index (χ0v) is 15.1. The lowest BCUT2D eigenvalue weighted by Crippen LogP contribution is -2.32. The van der Waals surface area contributed by atoms with E-state index in [-0.39, 0.29) is 17.2 Å². The Balaban J connectivity index is 2.04. The van der Waals surface area contributed by atoms with E-state index in [0.29, 0.717) is 18.7 Å². The molecule has 3 rings (SSSR count). The summed E-state index contributed by atoms with van der Waals surface area (Å²) in [5.41, 5.74) is 0.785. The van der Waals surface area contributed by atoms with E-state index >= 15 is 0 Å². The molecule has 0 radical (unpaired) electrons. The highest BCUT2D eigenvalue weighted by Gasteiger charge is 2.42. The summed E-state index contributed by atoms with van der Waals surface area (Å²) in [4.78, 5) is 0.0457. The Morgan fingerprint density at radius 3 is 2.65 bits per heavy atom. The summed E-state index contributed by atoms with van der Waals surface area (Å²) in [7, 11) is -2.26. The summed E-state index contributed by atoms with van der Waals surface area (Å²) in [5, 5.41) is 9.14. The van der Waals surface area contributed by atoms with Crippen LogP contribution < -0.4 is 4.74 Å². The van der Waals surface area contributed by atoms with E-state index in [4.69, 9.17) is 10.00 Å². The fourth-order valence-corrected chi connectivity index (χ4v) is 5.12. The minimum atomic E-state index is -3.81. The number of sulfonamides is 1. The van der Waals surface area contributed by atoms with Crippen LogP contribution in [0.5, 0.6) is 5.75 Å². The Hall–Kier alpha value is -2.43. The first-order chi connectivity index (χ1) is 12.5. The Labute approximate surface area is 152 Å². The van der Waals surface area contributed by atoms with Crippen molar-refractivity contribution in [2.45, 2.75) is 23.8 Å². The highest BCUT2D eigenvalue weighted by molar-refractivity contribution is 7.89. The number of nitrogens with zero attached hydrogens (tertiary/aromatic N) is 2. The second-order valence-electron chi connectivity index (χ2n) is 6.20. The molecule has 136 valence electrons. The van der Waals surface area contributed by atoms with Crippen LogP contribution in [-0.2, 0) is 10.0 Å². The van der Waals surface area contributed by atoms with Crippen LogP contribution >= 0.6 is 0 Å². The molecule has 1 fully saturated rings. The molecular formula is C19H19FN2O3S. The lowest BCUT2D eigenvalue weighted by Gasteiger charge is -2.27. The minimum absolute atomic E-state index is 0.0457. The van der Waals surface area contributed by atoms with Crippen molar-refractivity contribution < 1.29 is 17.5 Å². The van der Waals surface area contributed by atoms with Crippen molar-refractivity contribution in [3.8, 4) is 11.8 Å². The van der Waals surface area contributed by atoms with Gasteiger partial charge in [0.2, 0.25) is 10.0 Å². The number of ether oxygens (including phenoxy) is 1. The standard InChI is InChI=1S/C19H19FN2O3S/c1-25-17-4-2-3-15(13-17)19-14(9-11-21)10-12-22(19)26(23,24)18-7-5-16(20)6-8-18/h2-8,13-14,19H,9-10,12H2,1H3/t14-,19+/m1/s1. The van der Waals surface area contributed by atoms with Gasteiger partial charge in [0.15, 0.2) is 0 Å². The van der Waals surface area contributed by atoms with Crippen molar-refractivity contribution in [2.75, 3.05) is 13.7 Å². The van der Waals surface area contributed by atoms with Crippen LogP contribution in [0.1, 0.15) is 24.4 Å². The third kappa shape index (κ3) is 3.43. The molecule has 1 saturated heterocycles. The zero-order valence-electron chi connectivity index (χ0n) is 14.3. The fraction of sp³-hybridized carbons (Fsp3) is 0.316. The first-order valence-corrected chi connectivity index (χ1v) is 9.69. The Kier molecular flexibility index (Phi) is 5.25. The number of rotatable bonds is 5. The van der Waals surface area contributed by atoms with Gasteiger partial charge in [-0.2, -0.15) is 9.57 Å². The van der Waals surface area contributed by atoms with E-state index in [2.05, 4.69) is 6.07 Å². The molecule has 0 N–H and O–H groups in total. The minimum Gasteiger partial charge on any atom is -0.497 e. The van der Waals surface area contributed by atoms with E-state index < -0.39 is 21.9 Å². The summed E-state index contributed by atoms with van der Waals surface area (Å²) >= 11 is 0. The van der Waals surface area contributed by atoms with Gasteiger partial charge in [-0.15, -0.1) is 0 Å². The van der Waals surface area contributed by atoms with Gasteiger partial charge in [-0.3, -0.25) is 0 Å². The van der Waals surface area contributed by atoms with E-state index in [9.17, 15) is 12.8 Å². The SMILES string of the molecule is COc1cccc([C@@H]2[C@H](CC#N)CCN2S(=O)(=O)c2ccc(F)cc2)c1. The fourth-order valence-electron chi connectivity index (χ4n) is 3.43. The second kappa shape index (κ2) is 7.44. The van der Waals surface area contributed by atoms with Crippen LogP contribution in [0.4, 0.5) is 4.39 Å². The predicted octanol–water partition coefficient (Wildman–Crippen LogP) is 3.50. The molecule has 0 bridgehead atoms. The maximum atomic E-state index is 13.2. The highest BCUT2D eigenvalue weighted by Crippen LogP contribution is 2.43. The molecule has 2 aromatic carbocycles. The van der Waals surface area contributed by atoms with Gasteiger partial charge >= 0.3 is 0 Å². The zero-order chi connectivity index (χ0) is 18.7. The Morgan fingerprint density at radius 1 is 1.27 bits per heavy atom. The molecule has 2 aromatic rings. The third-order valence-electron chi connectivity index (χ3n) is 4.69. The van der Waals surface area contributed by atoms with Gasteiger partial charge in [-0.05, 0) is 54.3 Å². The van der Waals surface area contributed by atoms with Gasteiger partial charge in [0.25, 0.3) is 0 Å². The van der Waals surface area contributed by atoms with Gasteiger partial charge in [-0.1, -0.05) is 12.1 Å². The van der Waals surface area contributed by atoms with Crippen molar-refractivity contribution in [2.24, 2.45) is 5.92 Å². The average molecular weight is 374 g/mol. The van der Waals surface area contributed by atoms with Crippen LogP contribution in [0.25, 0.3) is 0 Å². The van der Waals surface area contributed by atoms with Crippen molar-refractivity contribution in [1.82, 2.24) is 4.31 Å². The monoisotopic (exact) mass is 374 g/mol. The Morgan fingerprint density at radius 2 is 2.00 bits per heavy atom. The van der Waals surface area contributed by atoms with Crippen molar-refractivity contribution in [1.29, 1.82) is 5.26 Å². The van der Waals surface area contributed by atoms with Crippen LogP contribution in [0.15, 0.2) is 53.4 Å². The first-order valence-electron chi connectivity index (χ1n) is 8.25. The molecule has 26 heavy (non-hydrogen) atoms. The smallest absolute Gasteiger partial charge is 0.243 e. The number of hydrogen-bond donors (Lipinski definition) is 0. The van der Waals surface area contributed by atoms with Crippen molar-refractivity contribution in [3.63, 3.8) is 0 Å². The maximum absolute atomic E-state index is 13.2. The molecule has 0 aromatic heterocycles. The summed E-state index contributed by atoms with van der Waals surface area (Å²) in [6.07, 6.45) is 0.854. The molecule has 0 unspecified atom stereocenters. The first kappa shape index (κ1) is 18.4. The molecule has 0 amide bonds. The topological polar surface area (TPSA) is 70.4 Å². The second-order valence-corrected chi connectivity index (χ2v) is 8.09. The lowest BCUT2D eigenvalue weighted by molar-refractivity contribution is 0.344. The van der Waals surface area contributed by atoms with E-state index in [1.165, 1.54) is 16.4 Å². The van der Waals surface area contributed by atoms with Crippen molar-refractivity contribution in [3.05, 3.63) is 59.9 Å². The molecule has 1 aliphatic heterocycles. The third-order valence-corrected chi connectivity index (χ3v) is 6.58. The molecule has 7 heteroatoms. The lowest BCUT2D eigenvalue weighted by atomic mass is 9.92. The average Bonchev–Trinajstić information content (AvgIpc) is 3.07. The van der Waals surface area contributed by atoms with Gasteiger partial charge < -0.3 is 4.74 Å². The van der Waals surface area contributed by atoms with Crippen LogP contribution in [0.2, 0.25) is 0 Å². The number of hydrogen-bond acceptors (Lipinski definition) is 4. The number of methoxy groups -OCH3 is 1. The molecule has 0 spiro atoms. The quantitative estimate of drug-likeness (QED) is 0.803. The summed E-state index contributed by atoms with van der Waals surface area (Å²) < 4.78 is 46.1. The van der Waals surface area contributed by atoms with Crippen molar-refractivity contribution >= 4 is 10.0 Å². The van der Waals surface area contributed by atoms with Crippen LogP contribution in [-0.4, -0.2) is 26.4 Å². The summed E-state index contributed by atoms with van der Waals surface area (Å²) in [6.45, 7) is 0.313. The van der Waals surface area contributed by atoms with E-state index in [0.717, 1.165) is 17.7 Å². The summed E-state index contributed by atoms with van der Waals surface area (Å²) in [5.74, 6) is 0.0311. The largest absolute Gasteiger partial charge is 0.497 e. The molecule has 2 atom stereocenters. The number of benzene rings is 2. The van der Waals surface area contributed by atoms with Crippen LogP contribution in [0.3, 0.4) is 0 Å². The highest BCUT2D eigenvalue weighted by atomic mass is 32.2. The maximum Gasteiger partial charge on any atom is 0.243 e. The molecule has 1 heterocycles. The van der Waals surface area contributed by atoms with Gasteiger partial charge in [0.1, 0.15) is 11.6 Å². The van der Waals surface area contributed by atoms with Gasteiger partial charge in [0.05, 0.1) is 24.1 Å². The molecular weight excluding hydrogens is 355 g/mol. The van der Waals surface area contributed by atoms with E-state index in [1.807, 2.05) is 6.07 Å². The molecule has 0 aliphatic carbocycles. The molecule has 0 saturated carbocycles. The summed E-state index contributed by atoms with van der Waals surface area (Å²) in [6, 6.07) is 13.7.